The standard InChI is InChI=1S/C24H35N3O5/c1-4-5-6-7-10-27-23(29)21(18-8-9-19(31-2)20(17-18)32-3)22(24(27)30)26-13-11-25(12-14-26)15-16-28/h8-9,17,28H,4-7,10-16H2,1-3H3. The molecule has 0 atom stereocenters. The van der Waals surface area contributed by atoms with Crippen molar-refractivity contribution in [1.82, 2.24) is 14.7 Å². The number of carbonyl (C=O) groups excluding carboxylic acids is 2. The van der Waals surface area contributed by atoms with Gasteiger partial charge in [0.1, 0.15) is 5.70 Å². The third-order valence-corrected chi connectivity index (χ3v) is 6.16. The number of rotatable bonds is 11. The van der Waals surface area contributed by atoms with E-state index in [0.29, 0.717) is 54.5 Å². The van der Waals surface area contributed by atoms with Crippen LogP contribution in [0.4, 0.5) is 0 Å². The molecule has 1 saturated heterocycles. The van der Waals surface area contributed by atoms with Crippen LogP contribution in [0.25, 0.3) is 5.57 Å². The largest absolute Gasteiger partial charge is 0.493 e. The van der Waals surface area contributed by atoms with Crippen molar-refractivity contribution in [2.24, 2.45) is 0 Å². The monoisotopic (exact) mass is 445 g/mol. The lowest BCUT2D eigenvalue weighted by Crippen LogP contribution is -2.48. The predicted octanol–water partition coefficient (Wildman–Crippen LogP) is 1.97. The number of hydrogen-bond acceptors (Lipinski definition) is 7. The number of aliphatic hydroxyl groups excluding tert-OH is 1. The molecule has 2 aliphatic rings. The summed E-state index contributed by atoms with van der Waals surface area (Å²) in [5.41, 5.74) is 1.56. The summed E-state index contributed by atoms with van der Waals surface area (Å²) in [4.78, 5) is 32.5. The first-order valence-electron chi connectivity index (χ1n) is 11.5. The molecule has 3 rings (SSSR count). The van der Waals surface area contributed by atoms with E-state index >= 15 is 0 Å². The quantitative estimate of drug-likeness (QED) is 0.412. The van der Waals surface area contributed by atoms with Crippen molar-refractivity contribution < 1.29 is 24.2 Å². The second-order valence-corrected chi connectivity index (χ2v) is 8.17. The van der Waals surface area contributed by atoms with Gasteiger partial charge in [-0.2, -0.15) is 0 Å². The number of hydrogen-bond donors (Lipinski definition) is 1. The van der Waals surface area contributed by atoms with E-state index in [0.717, 1.165) is 38.8 Å². The molecule has 2 amide bonds. The number of piperazine rings is 1. The molecular formula is C24H35N3O5. The summed E-state index contributed by atoms with van der Waals surface area (Å²) in [7, 11) is 3.12. The normalized spacial score (nSPS) is 17.5. The fourth-order valence-electron chi connectivity index (χ4n) is 4.34. The Morgan fingerprint density at radius 2 is 1.62 bits per heavy atom. The SMILES string of the molecule is CCCCCCN1C(=O)C(c2ccc(OC)c(OC)c2)=C(N2CCN(CCO)CC2)C1=O. The number of carbonyl (C=O) groups is 2. The summed E-state index contributed by atoms with van der Waals surface area (Å²) in [6.45, 7) is 6.04. The first-order valence-corrected chi connectivity index (χ1v) is 11.5. The van der Waals surface area contributed by atoms with Gasteiger partial charge in [0, 0.05) is 39.3 Å². The van der Waals surface area contributed by atoms with Crippen molar-refractivity contribution in [3.8, 4) is 11.5 Å². The van der Waals surface area contributed by atoms with E-state index in [9.17, 15) is 14.7 Å². The number of methoxy groups -OCH3 is 2. The number of ether oxygens (including phenoxy) is 2. The van der Waals surface area contributed by atoms with Crippen molar-refractivity contribution in [2.75, 3.05) is 60.1 Å². The van der Waals surface area contributed by atoms with Gasteiger partial charge in [-0.3, -0.25) is 19.4 Å². The van der Waals surface area contributed by atoms with Gasteiger partial charge < -0.3 is 19.5 Å². The average molecular weight is 446 g/mol. The number of aliphatic hydroxyl groups is 1. The smallest absolute Gasteiger partial charge is 0.277 e. The molecule has 0 aromatic heterocycles. The fourth-order valence-corrected chi connectivity index (χ4v) is 4.34. The highest BCUT2D eigenvalue weighted by atomic mass is 16.5. The second kappa shape index (κ2) is 11.3. The molecule has 1 aromatic rings. The Labute approximate surface area is 190 Å². The number of β-amino-alcohol motifs (C(OH)–C–C–N with tert-alkyl or cyclic N) is 1. The molecule has 2 heterocycles. The minimum Gasteiger partial charge on any atom is -0.493 e. The van der Waals surface area contributed by atoms with E-state index in [1.807, 2.05) is 11.0 Å². The highest BCUT2D eigenvalue weighted by molar-refractivity contribution is 6.35. The van der Waals surface area contributed by atoms with Crippen LogP contribution in [-0.2, 0) is 9.59 Å². The van der Waals surface area contributed by atoms with Gasteiger partial charge >= 0.3 is 0 Å². The molecule has 0 radical (unpaired) electrons. The molecule has 2 aliphatic heterocycles. The van der Waals surface area contributed by atoms with Gasteiger partial charge in [0.25, 0.3) is 11.8 Å². The molecule has 1 fully saturated rings. The van der Waals surface area contributed by atoms with Crippen LogP contribution in [0, 0.1) is 0 Å². The van der Waals surface area contributed by atoms with Gasteiger partial charge in [-0.1, -0.05) is 32.3 Å². The highest BCUT2D eigenvalue weighted by Crippen LogP contribution is 2.36. The summed E-state index contributed by atoms with van der Waals surface area (Å²) >= 11 is 0. The molecule has 1 N–H and O–H groups in total. The third kappa shape index (κ3) is 5.07. The number of amides is 2. The Morgan fingerprint density at radius 3 is 2.25 bits per heavy atom. The number of unbranched alkanes of at least 4 members (excludes halogenated alkanes) is 3. The molecule has 32 heavy (non-hydrogen) atoms. The molecule has 0 bridgehead atoms. The van der Waals surface area contributed by atoms with Gasteiger partial charge in [-0.05, 0) is 24.1 Å². The molecule has 0 spiro atoms. The molecule has 1 aromatic carbocycles. The van der Waals surface area contributed by atoms with Crippen molar-refractivity contribution >= 4 is 17.4 Å². The molecule has 8 nitrogen and oxygen atoms in total. The van der Waals surface area contributed by atoms with Crippen LogP contribution in [0.2, 0.25) is 0 Å². The van der Waals surface area contributed by atoms with E-state index in [1.54, 1.807) is 26.4 Å². The maximum absolute atomic E-state index is 13.5. The summed E-state index contributed by atoms with van der Waals surface area (Å²) in [6, 6.07) is 5.34. The van der Waals surface area contributed by atoms with E-state index in [1.165, 1.54) is 4.90 Å². The van der Waals surface area contributed by atoms with Crippen molar-refractivity contribution in [1.29, 1.82) is 0 Å². The lowest BCUT2D eigenvalue weighted by molar-refractivity contribution is -0.137. The summed E-state index contributed by atoms with van der Waals surface area (Å²) in [5.74, 6) is 0.633. The first kappa shape index (κ1) is 24.1. The van der Waals surface area contributed by atoms with E-state index < -0.39 is 0 Å². The summed E-state index contributed by atoms with van der Waals surface area (Å²) in [5, 5.41) is 9.22. The van der Waals surface area contributed by atoms with E-state index in [-0.39, 0.29) is 18.4 Å². The molecule has 176 valence electrons. The average Bonchev–Trinajstić information content (AvgIpc) is 3.06. The molecule has 0 saturated carbocycles. The zero-order valence-electron chi connectivity index (χ0n) is 19.4. The lowest BCUT2D eigenvalue weighted by atomic mass is 10.0. The number of imide groups is 1. The van der Waals surface area contributed by atoms with Crippen LogP contribution in [0.15, 0.2) is 23.9 Å². The predicted molar refractivity (Wildman–Crippen MR) is 122 cm³/mol. The number of nitrogens with zero attached hydrogens (tertiary/aromatic N) is 3. The first-order chi connectivity index (χ1) is 15.5. The van der Waals surface area contributed by atoms with E-state index in [4.69, 9.17) is 9.47 Å². The van der Waals surface area contributed by atoms with Crippen molar-refractivity contribution in [2.45, 2.75) is 32.6 Å². The maximum atomic E-state index is 13.5. The highest BCUT2D eigenvalue weighted by Gasteiger charge is 2.42. The van der Waals surface area contributed by atoms with Gasteiger partial charge in [-0.15, -0.1) is 0 Å². The number of benzene rings is 1. The van der Waals surface area contributed by atoms with Crippen LogP contribution < -0.4 is 9.47 Å². The van der Waals surface area contributed by atoms with Gasteiger partial charge in [-0.25, -0.2) is 0 Å². The van der Waals surface area contributed by atoms with Crippen LogP contribution >= 0.6 is 0 Å². The molecular weight excluding hydrogens is 410 g/mol. The van der Waals surface area contributed by atoms with Gasteiger partial charge in [0.05, 0.1) is 26.4 Å². The summed E-state index contributed by atoms with van der Waals surface area (Å²) in [6.07, 6.45) is 3.99. The Bertz CT molecular complexity index is 846. The van der Waals surface area contributed by atoms with Gasteiger partial charge in [0.2, 0.25) is 0 Å². The lowest BCUT2D eigenvalue weighted by Gasteiger charge is -2.36. The van der Waals surface area contributed by atoms with Crippen LogP contribution in [-0.4, -0.2) is 91.7 Å². The van der Waals surface area contributed by atoms with Crippen molar-refractivity contribution in [3.63, 3.8) is 0 Å². The second-order valence-electron chi connectivity index (χ2n) is 8.17. The van der Waals surface area contributed by atoms with Crippen LogP contribution in [0.3, 0.4) is 0 Å². The topological polar surface area (TPSA) is 82.6 Å². The third-order valence-electron chi connectivity index (χ3n) is 6.16. The van der Waals surface area contributed by atoms with Gasteiger partial charge in [0.15, 0.2) is 11.5 Å². The van der Waals surface area contributed by atoms with Crippen molar-refractivity contribution in [3.05, 3.63) is 29.5 Å². The Kier molecular flexibility index (Phi) is 8.53. The Morgan fingerprint density at radius 1 is 0.906 bits per heavy atom. The van der Waals surface area contributed by atoms with E-state index in [2.05, 4.69) is 11.8 Å². The fraction of sp³-hybridized carbons (Fsp3) is 0.583. The van der Waals surface area contributed by atoms with Crippen LogP contribution in [0.1, 0.15) is 38.2 Å². The molecule has 0 unspecified atom stereocenters. The minimum absolute atomic E-state index is 0.114. The maximum Gasteiger partial charge on any atom is 0.277 e. The zero-order valence-corrected chi connectivity index (χ0v) is 19.4. The zero-order chi connectivity index (χ0) is 23.1. The summed E-state index contributed by atoms with van der Waals surface area (Å²) < 4.78 is 10.8. The Balaban J connectivity index is 1.93. The minimum atomic E-state index is -0.244. The van der Waals surface area contributed by atoms with Crippen LogP contribution in [0.5, 0.6) is 11.5 Å². The Hall–Kier alpha value is -2.58. The molecule has 0 aliphatic carbocycles. The molecule has 8 heteroatoms.